The molecule has 1 heterocycles. The number of ether oxygens (including phenoxy) is 3. The van der Waals surface area contributed by atoms with Gasteiger partial charge in [-0.3, -0.25) is 9.59 Å². The number of carbonyl (C=O) groups excluding carboxylic acids is 1. The van der Waals surface area contributed by atoms with Crippen molar-refractivity contribution < 1.29 is 53.6 Å². The maximum atomic E-state index is 12.7. The molecule has 1 aliphatic heterocycles. The first-order valence-electron chi connectivity index (χ1n) is 13.7. The van der Waals surface area contributed by atoms with Crippen molar-refractivity contribution >= 4 is 11.9 Å². The zero-order valence-corrected chi connectivity index (χ0v) is 25.3. The molecular formula is C28H50IO7-. The molecule has 0 spiro atoms. The third kappa shape index (κ3) is 14.3. The number of rotatable bonds is 20. The van der Waals surface area contributed by atoms with Crippen LogP contribution in [0, 0.1) is 11.8 Å². The van der Waals surface area contributed by atoms with Crippen molar-refractivity contribution in [3.63, 3.8) is 0 Å². The van der Waals surface area contributed by atoms with Gasteiger partial charge in [-0.2, -0.15) is 0 Å². The molecule has 0 radical (unpaired) electrons. The summed E-state index contributed by atoms with van der Waals surface area (Å²) in [5, 5.41) is 9.77. The van der Waals surface area contributed by atoms with Crippen LogP contribution in [0.1, 0.15) is 111 Å². The summed E-state index contributed by atoms with van der Waals surface area (Å²) in [6.45, 7) is 7.89. The van der Waals surface area contributed by atoms with Gasteiger partial charge in [0.2, 0.25) is 0 Å². The first kappa shape index (κ1) is 33.3. The number of carboxylic acid groups (broad SMARTS) is 1. The van der Waals surface area contributed by atoms with Gasteiger partial charge in [-0.05, 0) is 27.2 Å². The molecule has 0 aromatic rings. The molecule has 0 aromatic heterocycles. The normalized spacial score (nSPS) is 20.2. The summed E-state index contributed by atoms with van der Waals surface area (Å²) in [5.74, 6) is -3.53. The van der Waals surface area contributed by atoms with E-state index in [0.29, 0.717) is 13.0 Å². The Morgan fingerprint density at radius 1 is 1.06 bits per heavy atom. The molecule has 7 nitrogen and oxygen atoms in total. The second-order valence-electron chi connectivity index (χ2n) is 10.7. The monoisotopic (exact) mass is 625 g/mol. The van der Waals surface area contributed by atoms with Crippen molar-refractivity contribution in [1.29, 1.82) is 0 Å². The van der Waals surface area contributed by atoms with E-state index in [1.54, 1.807) is 34.0 Å². The van der Waals surface area contributed by atoms with Gasteiger partial charge in [-0.25, -0.2) is 0 Å². The van der Waals surface area contributed by atoms with Gasteiger partial charge < -0.3 is 14.6 Å². The summed E-state index contributed by atoms with van der Waals surface area (Å²) in [4.78, 5) is 24.6. The third-order valence-corrected chi connectivity index (χ3v) is 7.98. The zero-order chi connectivity index (χ0) is 26.9. The molecular weight excluding hydrogens is 575 g/mol. The fraction of sp³-hybridized carbons (Fsp3) is 0.857. The molecule has 1 rings (SSSR count). The molecule has 2 unspecified atom stereocenters. The number of methoxy groups -OCH3 is 1. The minimum atomic E-state index is -1.02. The number of carboxylic acids is 1. The molecule has 8 heteroatoms. The number of aliphatic carboxylic acids is 1. The number of carbonyl (C=O) groups is 2. The Balaban J connectivity index is 2.43. The fourth-order valence-electron chi connectivity index (χ4n) is 4.32. The van der Waals surface area contributed by atoms with E-state index < -0.39 is 29.4 Å². The Morgan fingerprint density at radius 2 is 1.69 bits per heavy atom. The van der Waals surface area contributed by atoms with Crippen LogP contribution >= 0.6 is 0 Å². The van der Waals surface area contributed by atoms with Gasteiger partial charge in [0.15, 0.2) is 0 Å². The molecule has 1 saturated heterocycles. The zero-order valence-electron chi connectivity index (χ0n) is 23.2. The summed E-state index contributed by atoms with van der Waals surface area (Å²) in [5.41, 5.74) is -0.668. The van der Waals surface area contributed by atoms with E-state index in [2.05, 4.69) is 6.92 Å². The van der Waals surface area contributed by atoms with Gasteiger partial charge in [-0.15, -0.1) is 0 Å². The molecule has 0 saturated carbocycles. The molecule has 212 valence electrons. The summed E-state index contributed by atoms with van der Waals surface area (Å²) in [6.07, 6.45) is 17.2. The van der Waals surface area contributed by atoms with E-state index in [-0.39, 0.29) is 27.4 Å². The summed E-state index contributed by atoms with van der Waals surface area (Å²) < 4.78 is 23.6. The van der Waals surface area contributed by atoms with Crippen LogP contribution in [0.3, 0.4) is 0 Å². The number of hydrogen-bond donors (Lipinski definition) is 1. The van der Waals surface area contributed by atoms with Crippen molar-refractivity contribution in [2.45, 2.75) is 123 Å². The number of unbranched alkanes of at least 4 members (excludes halogenated alkanes) is 8. The molecule has 0 aliphatic carbocycles. The van der Waals surface area contributed by atoms with Crippen LogP contribution in [0.25, 0.3) is 0 Å². The molecule has 0 amide bonds. The fourth-order valence-corrected chi connectivity index (χ4v) is 6.27. The van der Waals surface area contributed by atoms with Gasteiger partial charge in [0, 0.05) is 13.7 Å². The number of halogens is 1. The van der Waals surface area contributed by atoms with Crippen LogP contribution in [0.5, 0.6) is 0 Å². The van der Waals surface area contributed by atoms with E-state index in [1.807, 2.05) is 6.08 Å². The second kappa shape index (κ2) is 18.5. The summed E-state index contributed by atoms with van der Waals surface area (Å²) in [6, 6.07) is 0. The summed E-state index contributed by atoms with van der Waals surface area (Å²) >= 11 is -0.266. The van der Waals surface area contributed by atoms with Gasteiger partial charge in [0.05, 0.1) is 0 Å². The number of allylic oxidation sites excluding steroid dienone is 1. The average molecular weight is 626 g/mol. The Bertz CT molecular complexity index is 638. The SMILES string of the molecule is CCCCCCCC1(CCCCCC/C=C/[C@H](C(=O)O)C(CCOC)C(=O)OC(C)(C)C)OC[I-]O1. The van der Waals surface area contributed by atoms with E-state index in [0.717, 1.165) is 49.6 Å². The number of hydrogen-bond acceptors (Lipinski definition) is 6. The van der Waals surface area contributed by atoms with Crippen molar-refractivity contribution in [3.8, 4) is 0 Å². The molecule has 1 N–H and O–H groups in total. The van der Waals surface area contributed by atoms with Crippen LogP contribution in [-0.2, 0) is 26.9 Å². The predicted octanol–water partition coefficient (Wildman–Crippen LogP) is 3.64. The van der Waals surface area contributed by atoms with E-state index >= 15 is 0 Å². The second-order valence-corrected chi connectivity index (χ2v) is 12.4. The van der Waals surface area contributed by atoms with Crippen LogP contribution in [-0.4, -0.2) is 46.8 Å². The average Bonchev–Trinajstić information content (AvgIpc) is 3.27. The van der Waals surface area contributed by atoms with Crippen LogP contribution in [0.15, 0.2) is 12.2 Å². The Kier molecular flexibility index (Phi) is 17.1. The molecule has 0 bridgehead atoms. The number of esters is 1. The van der Waals surface area contributed by atoms with Gasteiger partial charge >= 0.3 is 160 Å². The van der Waals surface area contributed by atoms with Gasteiger partial charge in [0.25, 0.3) is 0 Å². The molecule has 3 atom stereocenters. The van der Waals surface area contributed by atoms with Gasteiger partial charge in [0.1, 0.15) is 5.60 Å². The van der Waals surface area contributed by atoms with Crippen molar-refractivity contribution in [2.24, 2.45) is 11.8 Å². The van der Waals surface area contributed by atoms with E-state index in [9.17, 15) is 14.7 Å². The molecule has 36 heavy (non-hydrogen) atoms. The first-order chi connectivity index (χ1) is 17.1. The quantitative estimate of drug-likeness (QED) is 0.0727. The first-order valence-corrected chi connectivity index (χ1v) is 16.1. The molecule has 1 fully saturated rings. The molecule has 1 aliphatic rings. The van der Waals surface area contributed by atoms with E-state index in [1.165, 1.54) is 32.1 Å². The van der Waals surface area contributed by atoms with Gasteiger partial charge in [-0.1, -0.05) is 0 Å². The topological polar surface area (TPSA) is 91.3 Å². The van der Waals surface area contributed by atoms with Crippen molar-refractivity contribution in [3.05, 3.63) is 12.2 Å². The van der Waals surface area contributed by atoms with E-state index in [4.69, 9.17) is 17.3 Å². The number of alkyl halides is 1. The van der Waals surface area contributed by atoms with Crippen molar-refractivity contribution in [2.75, 3.05) is 18.3 Å². The standard InChI is InChI=1S/C28H50IO7/c1-6-7-8-12-15-19-28(34-22-29-36-28)20-16-13-10-9-11-14-17-23(25(30)31)24(18-21-33-5)26(32)35-27(2,3)4/h14,17,23-24H,6-13,15-16,18-22H2,1-5H3,(H,30,31)/q-1/b17-14+/t23-,24?,28?/m0/s1. The maximum absolute atomic E-state index is 12.7. The minimum absolute atomic E-state index is 0.266. The van der Waals surface area contributed by atoms with Crippen LogP contribution in [0.4, 0.5) is 0 Å². The molecule has 0 aromatic carbocycles. The van der Waals surface area contributed by atoms with Crippen molar-refractivity contribution in [1.82, 2.24) is 0 Å². The third-order valence-electron chi connectivity index (χ3n) is 6.30. The predicted molar refractivity (Wildman–Crippen MR) is 137 cm³/mol. The Labute approximate surface area is 229 Å². The Hall–Kier alpha value is -0.710. The Morgan fingerprint density at radius 3 is 2.22 bits per heavy atom. The van der Waals surface area contributed by atoms with Crippen LogP contribution < -0.4 is 21.6 Å². The summed E-state index contributed by atoms with van der Waals surface area (Å²) in [7, 11) is 1.54. The van der Waals surface area contributed by atoms with Crippen LogP contribution in [0.2, 0.25) is 0 Å².